The van der Waals surface area contributed by atoms with Crippen molar-refractivity contribution in [2.24, 2.45) is 5.73 Å². The average molecular weight is 306 g/mol. The number of nitrogens with zero attached hydrogens (tertiary/aromatic N) is 1. The number of hydrogen-bond acceptors (Lipinski definition) is 3. The van der Waals surface area contributed by atoms with Crippen LogP contribution in [0.5, 0.6) is 0 Å². The van der Waals surface area contributed by atoms with Gasteiger partial charge in [-0.3, -0.25) is 5.41 Å². The maximum Gasteiger partial charge on any atom is 0.124 e. The van der Waals surface area contributed by atoms with Gasteiger partial charge in [0.25, 0.3) is 0 Å². The molecule has 0 saturated carbocycles. The van der Waals surface area contributed by atoms with Gasteiger partial charge in [-0.05, 0) is 48.6 Å². The van der Waals surface area contributed by atoms with E-state index in [1.54, 1.807) is 6.07 Å². The molecule has 1 aliphatic rings. The zero-order chi connectivity index (χ0) is 14.3. The van der Waals surface area contributed by atoms with Crippen LogP contribution in [-0.2, 0) is 6.42 Å². The number of nitrogen functional groups attached to an aromatic ring is 1. The number of thiophene rings is 1. The summed E-state index contributed by atoms with van der Waals surface area (Å²) in [6.07, 6.45) is 1.03. The van der Waals surface area contributed by atoms with Gasteiger partial charge in [0.2, 0.25) is 0 Å². The Kier molecular flexibility index (Phi) is 3.44. The maximum atomic E-state index is 7.76. The lowest BCUT2D eigenvalue weighted by atomic mass is 9.99. The Bertz CT molecular complexity index is 665. The fourth-order valence-electron chi connectivity index (χ4n) is 2.81. The van der Waals surface area contributed by atoms with Crippen LogP contribution in [0.3, 0.4) is 0 Å². The van der Waals surface area contributed by atoms with Crippen LogP contribution in [0.2, 0.25) is 5.02 Å². The predicted molar refractivity (Wildman–Crippen MR) is 86.3 cm³/mol. The van der Waals surface area contributed by atoms with E-state index in [0.29, 0.717) is 5.02 Å². The highest BCUT2D eigenvalue weighted by Gasteiger charge is 2.26. The molecule has 2 heterocycles. The third kappa shape index (κ3) is 2.19. The quantitative estimate of drug-likeness (QED) is 0.655. The largest absolute Gasteiger partial charge is 0.384 e. The van der Waals surface area contributed by atoms with Gasteiger partial charge < -0.3 is 10.6 Å². The molecular formula is C15H16ClN3S. The van der Waals surface area contributed by atoms with Crippen molar-refractivity contribution in [3.63, 3.8) is 0 Å². The number of anilines is 1. The first-order valence-corrected chi connectivity index (χ1v) is 7.80. The molecule has 2 aromatic rings. The second-order valence-corrected chi connectivity index (χ2v) is 6.43. The van der Waals surface area contributed by atoms with E-state index in [4.69, 9.17) is 22.7 Å². The third-order valence-corrected chi connectivity index (χ3v) is 5.07. The minimum atomic E-state index is 0.0833. The molecule has 1 aromatic heterocycles. The van der Waals surface area contributed by atoms with Gasteiger partial charge >= 0.3 is 0 Å². The van der Waals surface area contributed by atoms with Crippen LogP contribution in [0.1, 0.15) is 29.0 Å². The number of benzene rings is 1. The van der Waals surface area contributed by atoms with Crippen LogP contribution in [0.25, 0.3) is 0 Å². The van der Waals surface area contributed by atoms with E-state index in [2.05, 4.69) is 23.3 Å². The molecule has 0 saturated heterocycles. The molecule has 0 aliphatic carbocycles. The molecule has 1 aromatic carbocycles. The summed E-state index contributed by atoms with van der Waals surface area (Å²) in [4.78, 5) is 3.75. The standard InChI is InChI=1S/C15H16ClN3S/c1-9-11-5-7-20-14(11)4-6-19(9)13-8-10(16)2-3-12(13)15(17)18/h2-3,5,7-9H,4,6H2,1H3,(H3,17,18). The molecule has 3 N–H and O–H groups in total. The van der Waals surface area contributed by atoms with Crippen molar-refractivity contribution >= 4 is 34.5 Å². The van der Waals surface area contributed by atoms with Crippen molar-refractivity contribution in [1.82, 2.24) is 0 Å². The minimum Gasteiger partial charge on any atom is -0.384 e. The number of fused-ring (bicyclic) bond motifs is 1. The highest BCUT2D eigenvalue weighted by Crippen LogP contribution is 2.38. The van der Waals surface area contributed by atoms with Gasteiger partial charge in [-0.15, -0.1) is 11.3 Å². The summed E-state index contributed by atoms with van der Waals surface area (Å²) in [7, 11) is 0. The smallest absolute Gasteiger partial charge is 0.124 e. The Hall–Kier alpha value is -1.52. The van der Waals surface area contributed by atoms with Crippen LogP contribution in [0.4, 0.5) is 5.69 Å². The van der Waals surface area contributed by atoms with Crippen molar-refractivity contribution < 1.29 is 0 Å². The first kappa shape index (κ1) is 13.5. The lowest BCUT2D eigenvalue weighted by Crippen LogP contribution is -2.34. The monoisotopic (exact) mass is 305 g/mol. The molecule has 104 valence electrons. The molecule has 1 atom stereocenters. The highest BCUT2D eigenvalue weighted by molar-refractivity contribution is 7.10. The van der Waals surface area contributed by atoms with Gasteiger partial charge in [0.1, 0.15) is 5.84 Å². The van der Waals surface area contributed by atoms with E-state index >= 15 is 0 Å². The van der Waals surface area contributed by atoms with Gasteiger partial charge in [0.15, 0.2) is 0 Å². The van der Waals surface area contributed by atoms with E-state index in [9.17, 15) is 0 Å². The Morgan fingerprint density at radius 2 is 2.25 bits per heavy atom. The molecule has 0 bridgehead atoms. The van der Waals surface area contributed by atoms with Gasteiger partial charge in [-0.25, -0.2) is 0 Å². The van der Waals surface area contributed by atoms with Crippen LogP contribution in [0, 0.1) is 5.41 Å². The van der Waals surface area contributed by atoms with E-state index in [-0.39, 0.29) is 11.9 Å². The first-order valence-electron chi connectivity index (χ1n) is 6.55. The van der Waals surface area contributed by atoms with Crippen molar-refractivity contribution in [3.8, 4) is 0 Å². The molecule has 0 radical (unpaired) electrons. The Balaban J connectivity index is 2.06. The van der Waals surface area contributed by atoms with Crippen molar-refractivity contribution in [2.45, 2.75) is 19.4 Å². The van der Waals surface area contributed by atoms with Gasteiger partial charge in [0, 0.05) is 27.7 Å². The van der Waals surface area contributed by atoms with Gasteiger partial charge in [-0.1, -0.05) is 11.6 Å². The highest BCUT2D eigenvalue weighted by atomic mass is 35.5. The molecule has 0 spiro atoms. The van der Waals surface area contributed by atoms with Crippen LogP contribution >= 0.6 is 22.9 Å². The van der Waals surface area contributed by atoms with Crippen LogP contribution in [0.15, 0.2) is 29.6 Å². The first-order chi connectivity index (χ1) is 9.58. The molecule has 0 fully saturated rings. The van der Waals surface area contributed by atoms with E-state index in [0.717, 1.165) is 24.2 Å². The lowest BCUT2D eigenvalue weighted by Gasteiger charge is -2.36. The Labute approximate surface area is 127 Å². The number of nitrogens with two attached hydrogens (primary N) is 1. The molecule has 3 rings (SSSR count). The summed E-state index contributed by atoms with van der Waals surface area (Å²) in [6.45, 7) is 3.12. The maximum absolute atomic E-state index is 7.76. The number of halogens is 1. The Morgan fingerprint density at radius 3 is 3.00 bits per heavy atom. The number of rotatable bonds is 2. The summed E-state index contributed by atoms with van der Waals surface area (Å²) in [5, 5.41) is 10.6. The number of amidine groups is 1. The fraction of sp³-hybridized carbons (Fsp3) is 0.267. The predicted octanol–water partition coefficient (Wildman–Crippen LogP) is 3.81. The zero-order valence-corrected chi connectivity index (χ0v) is 12.8. The van der Waals surface area contributed by atoms with Crippen molar-refractivity contribution in [1.29, 1.82) is 5.41 Å². The number of nitrogens with one attached hydrogen (secondary N) is 1. The topological polar surface area (TPSA) is 53.1 Å². The van der Waals surface area contributed by atoms with Crippen molar-refractivity contribution in [3.05, 3.63) is 50.7 Å². The summed E-state index contributed by atoms with van der Waals surface area (Å²) < 4.78 is 0. The van der Waals surface area contributed by atoms with Crippen molar-refractivity contribution in [2.75, 3.05) is 11.4 Å². The summed E-state index contributed by atoms with van der Waals surface area (Å²) in [6, 6.07) is 7.99. The molecule has 0 amide bonds. The molecule has 1 unspecified atom stereocenters. The minimum absolute atomic E-state index is 0.0833. The second kappa shape index (κ2) is 5.11. The molecule has 5 heteroatoms. The zero-order valence-electron chi connectivity index (χ0n) is 11.2. The van der Waals surface area contributed by atoms with E-state index in [1.165, 1.54) is 10.4 Å². The summed E-state index contributed by atoms with van der Waals surface area (Å²) >= 11 is 7.95. The molecule has 1 aliphatic heterocycles. The fourth-order valence-corrected chi connectivity index (χ4v) is 3.94. The summed E-state index contributed by atoms with van der Waals surface area (Å²) in [5.41, 5.74) is 8.78. The molecular weight excluding hydrogens is 290 g/mol. The molecule has 3 nitrogen and oxygen atoms in total. The third-order valence-electron chi connectivity index (χ3n) is 3.84. The van der Waals surface area contributed by atoms with Crippen LogP contribution < -0.4 is 10.6 Å². The van der Waals surface area contributed by atoms with Gasteiger partial charge in [0.05, 0.1) is 6.04 Å². The molecule has 20 heavy (non-hydrogen) atoms. The second-order valence-electron chi connectivity index (χ2n) is 4.99. The summed E-state index contributed by atoms with van der Waals surface area (Å²) in [5.74, 6) is 0.0833. The normalized spacial score (nSPS) is 17.9. The van der Waals surface area contributed by atoms with E-state index in [1.807, 2.05) is 23.5 Å². The lowest BCUT2D eigenvalue weighted by molar-refractivity contribution is 0.632. The Morgan fingerprint density at radius 1 is 1.45 bits per heavy atom. The van der Waals surface area contributed by atoms with E-state index < -0.39 is 0 Å². The number of hydrogen-bond donors (Lipinski definition) is 2. The van der Waals surface area contributed by atoms with Crippen LogP contribution in [-0.4, -0.2) is 12.4 Å². The average Bonchev–Trinajstić information content (AvgIpc) is 2.88. The SMILES string of the molecule is CC1c2ccsc2CCN1c1cc(Cl)ccc1C(=N)N. The van der Waals surface area contributed by atoms with Gasteiger partial charge in [-0.2, -0.15) is 0 Å².